The number of aryl methyl sites for hydroxylation is 1. The molecule has 0 aliphatic rings. The van der Waals surface area contributed by atoms with E-state index in [1.165, 1.54) is 0 Å². The van der Waals surface area contributed by atoms with E-state index in [4.69, 9.17) is 0 Å². The summed E-state index contributed by atoms with van der Waals surface area (Å²) in [5.74, 6) is -0.315. The van der Waals surface area contributed by atoms with Gasteiger partial charge in [0, 0.05) is 6.42 Å². The number of aromatic nitrogens is 2. The summed E-state index contributed by atoms with van der Waals surface area (Å²) in [6.07, 6.45) is 0.677. The van der Waals surface area contributed by atoms with Crippen molar-refractivity contribution in [2.24, 2.45) is 0 Å². The highest BCUT2D eigenvalue weighted by molar-refractivity contribution is 5.01. The van der Waals surface area contributed by atoms with E-state index in [2.05, 4.69) is 9.79 Å². The fraction of sp³-hybridized carbons (Fsp3) is 0.667. The molecular formula is C6H10N2O2. The Morgan fingerprint density at radius 3 is 2.70 bits per heavy atom. The van der Waals surface area contributed by atoms with E-state index in [1.54, 1.807) is 4.68 Å². The molecule has 1 rings (SSSR count). The number of nitrogens with zero attached hydrogens (tertiary/aromatic N) is 2. The molecule has 0 saturated carbocycles. The van der Waals surface area contributed by atoms with Crippen LogP contribution < -0.4 is 9.79 Å². The molecule has 0 aliphatic heterocycles. The molecule has 0 spiro atoms. The molecule has 0 radical (unpaired) electrons. The molecule has 0 aromatic carbocycles. The summed E-state index contributed by atoms with van der Waals surface area (Å²) in [5.41, 5.74) is 0.641. The van der Waals surface area contributed by atoms with Gasteiger partial charge in [0.05, 0.1) is 5.27 Å². The van der Waals surface area contributed by atoms with Crippen molar-refractivity contribution >= 4 is 0 Å². The lowest BCUT2D eigenvalue weighted by Crippen LogP contribution is -2.38. The molecule has 0 bridgehead atoms. The molecule has 0 fully saturated rings. The first-order valence-corrected chi connectivity index (χ1v) is 3.35. The van der Waals surface area contributed by atoms with Gasteiger partial charge in [-0.2, -0.15) is 0 Å². The molecule has 56 valence electrons. The van der Waals surface area contributed by atoms with Crippen molar-refractivity contribution in [3.05, 3.63) is 5.69 Å². The Labute approximate surface area is 59.0 Å². The summed E-state index contributed by atoms with van der Waals surface area (Å²) < 4.78 is 6.01. The van der Waals surface area contributed by atoms with Crippen LogP contribution in [0.4, 0.5) is 0 Å². The zero-order chi connectivity index (χ0) is 7.56. The smallest absolute Gasteiger partial charge is 0.233 e. The van der Waals surface area contributed by atoms with Crippen LogP contribution in [-0.2, 0) is 13.0 Å². The second kappa shape index (κ2) is 2.68. The summed E-state index contributed by atoms with van der Waals surface area (Å²) in [5, 5.41) is 14.3. The molecule has 10 heavy (non-hydrogen) atoms. The minimum atomic E-state index is -0.315. The number of hydrogen-bond donors (Lipinski definition) is 0. The second-order valence-electron chi connectivity index (χ2n) is 1.98. The minimum absolute atomic E-state index is 0.315. The van der Waals surface area contributed by atoms with Gasteiger partial charge in [-0.15, -0.1) is 0 Å². The van der Waals surface area contributed by atoms with Crippen LogP contribution in [0.15, 0.2) is 4.52 Å². The highest BCUT2D eigenvalue weighted by Crippen LogP contribution is 2.05. The van der Waals surface area contributed by atoms with Gasteiger partial charge in [-0.25, -0.2) is 0 Å². The van der Waals surface area contributed by atoms with Crippen molar-refractivity contribution in [3.8, 4) is 5.95 Å². The van der Waals surface area contributed by atoms with Crippen LogP contribution in [0.25, 0.3) is 0 Å². The number of rotatable bonds is 2. The van der Waals surface area contributed by atoms with Gasteiger partial charge in [0.2, 0.25) is 5.69 Å². The molecule has 4 heteroatoms. The van der Waals surface area contributed by atoms with Crippen LogP contribution >= 0.6 is 0 Å². The van der Waals surface area contributed by atoms with Crippen LogP contribution in [-0.4, -0.2) is 5.27 Å². The summed E-state index contributed by atoms with van der Waals surface area (Å²) in [7, 11) is 0. The van der Waals surface area contributed by atoms with E-state index in [0.717, 1.165) is 0 Å². The van der Waals surface area contributed by atoms with Gasteiger partial charge in [0.25, 0.3) is 0 Å². The Balaban J connectivity index is 3.01. The first-order valence-electron chi connectivity index (χ1n) is 3.35. The van der Waals surface area contributed by atoms with E-state index in [-0.39, 0.29) is 5.95 Å². The maximum absolute atomic E-state index is 10.8. The van der Waals surface area contributed by atoms with Crippen molar-refractivity contribution in [1.29, 1.82) is 0 Å². The Kier molecular flexibility index (Phi) is 1.89. The van der Waals surface area contributed by atoms with Crippen molar-refractivity contribution in [2.45, 2.75) is 26.8 Å². The molecule has 0 unspecified atom stereocenters. The van der Waals surface area contributed by atoms with E-state index in [1.807, 2.05) is 13.8 Å². The molecular weight excluding hydrogens is 132 g/mol. The highest BCUT2D eigenvalue weighted by atomic mass is 16.6. The second-order valence-corrected chi connectivity index (χ2v) is 1.98. The predicted molar refractivity (Wildman–Crippen MR) is 31.2 cm³/mol. The average Bonchev–Trinajstić information content (AvgIpc) is 2.30. The molecule has 0 saturated heterocycles. The molecule has 0 N–H and O–H groups in total. The first kappa shape index (κ1) is 7.05. The SMILES string of the molecule is CCc1c([O-])on[n+]1CC. The molecule has 1 aromatic heterocycles. The molecule has 1 heterocycles. The van der Waals surface area contributed by atoms with Crippen LogP contribution in [0.1, 0.15) is 19.5 Å². The third-order valence-electron chi connectivity index (χ3n) is 1.40. The van der Waals surface area contributed by atoms with Gasteiger partial charge in [0.1, 0.15) is 0 Å². The quantitative estimate of drug-likeness (QED) is 0.529. The van der Waals surface area contributed by atoms with Crippen LogP contribution in [0.3, 0.4) is 0 Å². The summed E-state index contributed by atoms with van der Waals surface area (Å²) >= 11 is 0. The standard InChI is InChI=1S/C6H10N2O2/c1-3-5-6(9)10-7-8(5)4-2/h3-4H2,1-2H3. The lowest BCUT2D eigenvalue weighted by molar-refractivity contribution is -0.765. The van der Waals surface area contributed by atoms with Crippen molar-refractivity contribution in [3.63, 3.8) is 0 Å². The Bertz CT molecular complexity index is 220. The average molecular weight is 142 g/mol. The van der Waals surface area contributed by atoms with Gasteiger partial charge in [-0.1, -0.05) is 11.6 Å². The lowest BCUT2D eigenvalue weighted by atomic mass is 10.3. The Morgan fingerprint density at radius 2 is 2.30 bits per heavy atom. The first-order chi connectivity index (χ1) is 4.79. The van der Waals surface area contributed by atoms with Gasteiger partial charge in [-0.05, 0) is 6.92 Å². The van der Waals surface area contributed by atoms with E-state index >= 15 is 0 Å². The highest BCUT2D eigenvalue weighted by Gasteiger charge is 2.11. The fourth-order valence-corrected chi connectivity index (χ4v) is 0.869. The third kappa shape index (κ3) is 0.964. The van der Waals surface area contributed by atoms with Crippen LogP contribution in [0, 0.1) is 0 Å². The van der Waals surface area contributed by atoms with Crippen molar-refractivity contribution < 1.29 is 14.3 Å². The Morgan fingerprint density at radius 1 is 1.60 bits per heavy atom. The van der Waals surface area contributed by atoms with Gasteiger partial charge >= 0.3 is 0 Å². The molecule has 0 amide bonds. The largest absolute Gasteiger partial charge is 0.539 e. The Hall–Kier alpha value is -1.06. The van der Waals surface area contributed by atoms with Gasteiger partial charge in [0.15, 0.2) is 12.5 Å². The number of hydrogen-bond acceptors (Lipinski definition) is 3. The summed E-state index contributed by atoms with van der Waals surface area (Å²) in [4.78, 5) is 0. The maximum atomic E-state index is 10.8. The molecule has 0 atom stereocenters. The summed E-state index contributed by atoms with van der Waals surface area (Å²) in [6, 6.07) is 0. The predicted octanol–water partition coefficient (Wildman–Crippen LogP) is -0.382. The zero-order valence-corrected chi connectivity index (χ0v) is 6.13. The lowest BCUT2D eigenvalue weighted by Gasteiger charge is -1.89. The molecule has 1 aromatic rings. The zero-order valence-electron chi connectivity index (χ0n) is 6.13. The minimum Gasteiger partial charge on any atom is -0.539 e. The van der Waals surface area contributed by atoms with Crippen LogP contribution in [0.2, 0.25) is 0 Å². The van der Waals surface area contributed by atoms with Gasteiger partial charge < -0.3 is 9.63 Å². The third-order valence-corrected chi connectivity index (χ3v) is 1.40. The maximum Gasteiger partial charge on any atom is 0.233 e. The van der Waals surface area contributed by atoms with Crippen LogP contribution in [0.5, 0.6) is 5.95 Å². The summed E-state index contributed by atoms with van der Waals surface area (Å²) in [6.45, 7) is 4.51. The molecule has 0 aliphatic carbocycles. The van der Waals surface area contributed by atoms with Crippen molar-refractivity contribution in [2.75, 3.05) is 0 Å². The normalized spacial score (nSPS) is 10.2. The molecule has 4 nitrogen and oxygen atoms in total. The van der Waals surface area contributed by atoms with E-state index in [0.29, 0.717) is 18.7 Å². The van der Waals surface area contributed by atoms with Gasteiger partial charge in [-0.3, -0.25) is 0 Å². The van der Waals surface area contributed by atoms with Crippen molar-refractivity contribution in [1.82, 2.24) is 5.27 Å². The van der Waals surface area contributed by atoms with E-state index < -0.39 is 0 Å². The fourth-order valence-electron chi connectivity index (χ4n) is 0.869. The monoisotopic (exact) mass is 142 g/mol. The van der Waals surface area contributed by atoms with E-state index in [9.17, 15) is 5.11 Å². The topological polar surface area (TPSA) is 53.0 Å².